The number of ether oxygens (including phenoxy) is 2. The number of hydrogen-bond donors (Lipinski definition) is 1. The molecule has 9 heteroatoms. The summed E-state index contributed by atoms with van der Waals surface area (Å²) in [6, 6.07) is 12.0. The molecule has 34 heavy (non-hydrogen) atoms. The van der Waals surface area contributed by atoms with E-state index in [1.165, 1.54) is 0 Å². The Morgan fingerprint density at radius 2 is 1.74 bits per heavy atom. The van der Waals surface area contributed by atoms with Crippen LogP contribution in [-0.2, 0) is 37.3 Å². The van der Waals surface area contributed by atoms with E-state index in [1.54, 1.807) is 15.6 Å². The molecule has 0 radical (unpaired) electrons. The first-order valence-corrected chi connectivity index (χ1v) is 11.5. The second-order valence-corrected chi connectivity index (χ2v) is 7.99. The Balaban J connectivity index is 1.39. The molecular weight excluding hydrogens is 434 g/mol. The molecule has 3 aromatic heterocycles. The van der Waals surface area contributed by atoms with E-state index in [4.69, 9.17) is 14.6 Å². The highest BCUT2D eigenvalue weighted by atomic mass is 16.5. The van der Waals surface area contributed by atoms with Crippen molar-refractivity contribution >= 4 is 16.9 Å². The fraction of sp³-hybridized carbons (Fsp3) is 0.360. The van der Waals surface area contributed by atoms with Gasteiger partial charge in [-0.2, -0.15) is 0 Å². The molecule has 4 aromatic rings. The summed E-state index contributed by atoms with van der Waals surface area (Å²) in [5.41, 5.74) is 3.38. The number of hydrogen-bond acceptors (Lipinski definition) is 6. The predicted molar refractivity (Wildman–Crippen MR) is 127 cm³/mol. The number of carboxylic acids is 1. The number of para-hydroxylation sites is 1. The van der Waals surface area contributed by atoms with Gasteiger partial charge in [-0.1, -0.05) is 37.6 Å². The van der Waals surface area contributed by atoms with Crippen LogP contribution in [0.5, 0.6) is 11.8 Å². The molecule has 4 rings (SSSR count). The molecule has 0 saturated carbocycles. The van der Waals surface area contributed by atoms with Crippen molar-refractivity contribution in [1.29, 1.82) is 0 Å². The van der Waals surface area contributed by atoms with Crippen LogP contribution in [-0.4, -0.2) is 42.2 Å². The lowest BCUT2D eigenvalue weighted by molar-refractivity contribution is -0.136. The fourth-order valence-electron chi connectivity index (χ4n) is 3.70. The summed E-state index contributed by atoms with van der Waals surface area (Å²) < 4.78 is 15.3. The smallest absolute Gasteiger partial charge is 0.308 e. The monoisotopic (exact) mass is 463 g/mol. The van der Waals surface area contributed by atoms with Gasteiger partial charge in [0, 0.05) is 35.5 Å². The maximum atomic E-state index is 11.1. The van der Waals surface area contributed by atoms with Crippen molar-refractivity contribution in [3.63, 3.8) is 0 Å². The lowest BCUT2D eigenvalue weighted by atomic mass is 10.2. The first-order valence-electron chi connectivity index (χ1n) is 11.5. The van der Waals surface area contributed by atoms with E-state index < -0.39 is 5.97 Å². The van der Waals surface area contributed by atoms with Gasteiger partial charge >= 0.3 is 5.97 Å². The van der Waals surface area contributed by atoms with Crippen LogP contribution < -0.4 is 9.47 Å². The molecule has 0 aliphatic carbocycles. The van der Waals surface area contributed by atoms with E-state index >= 15 is 0 Å². The topological polar surface area (TPSA) is 104 Å². The molecule has 0 atom stereocenters. The van der Waals surface area contributed by atoms with Gasteiger partial charge < -0.3 is 14.6 Å². The molecule has 0 fully saturated rings. The molecule has 178 valence electrons. The molecule has 0 aliphatic heterocycles. The molecule has 0 amide bonds. The van der Waals surface area contributed by atoms with E-state index in [-0.39, 0.29) is 6.42 Å². The van der Waals surface area contributed by atoms with Gasteiger partial charge in [0.25, 0.3) is 0 Å². The van der Waals surface area contributed by atoms with Crippen molar-refractivity contribution in [2.75, 3.05) is 6.61 Å². The molecule has 1 N–H and O–H groups in total. The summed E-state index contributed by atoms with van der Waals surface area (Å²) in [5, 5.41) is 19.1. The lowest BCUT2D eigenvalue weighted by Gasteiger charge is -2.06. The van der Waals surface area contributed by atoms with E-state index in [0.29, 0.717) is 43.6 Å². The van der Waals surface area contributed by atoms with Crippen LogP contribution in [0.15, 0.2) is 48.8 Å². The highest BCUT2D eigenvalue weighted by Crippen LogP contribution is 2.21. The minimum absolute atomic E-state index is 0.126. The Kier molecular flexibility index (Phi) is 7.41. The Hall–Kier alpha value is -3.88. The van der Waals surface area contributed by atoms with Crippen LogP contribution in [0.2, 0.25) is 0 Å². The number of pyridine rings is 1. The van der Waals surface area contributed by atoms with E-state index in [1.807, 2.05) is 49.5 Å². The molecule has 1 aromatic carbocycles. The second kappa shape index (κ2) is 10.8. The predicted octanol–water partition coefficient (Wildman–Crippen LogP) is 3.89. The van der Waals surface area contributed by atoms with Crippen molar-refractivity contribution in [2.24, 2.45) is 0 Å². The Morgan fingerprint density at radius 1 is 0.971 bits per heavy atom. The molecule has 0 saturated heterocycles. The molecule has 0 bridgehead atoms. The second-order valence-electron chi connectivity index (χ2n) is 7.99. The van der Waals surface area contributed by atoms with Crippen molar-refractivity contribution in [3.8, 4) is 11.8 Å². The molecule has 0 unspecified atom stereocenters. The van der Waals surface area contributed by atoms with Gasteiger partial charge in [0.15, 0.2) is 0 Å². The summed E-state index contributed by atoms with van der Waals surface area (Å²) >= 11 is 0. The molecule has 3 heterocycles. The molecule has 9 nitrogen and oxygen atoms in total. The number of rotatable bonds is 12. The zero-order valence-corrected chi connectivity index (χ0v) is 19.5. The minimum atomic E-state index is -0.917. The first kappa shape index (κ1) is 23.3. The van der Waals surface area contributed by atoms with E-state index in [2.05, 4.69) is 22.1 Å². The van der Waals surface area contributed by atoms with Gasteiger partial charge in [-0.15, -0.1) is 10.2 Å². The number of carboxylic acid groups (broad SMARTS) is 1. The SMILES string of the molecule is CCCc1cn(CCOc2nn(CC)cc2CC(=O)O)nc1OCc1ccc2ccccc2n1. The average molecular weight is 464 g/mol. The first-order chi connectivity index (χ1) is 16.6. The zero-order chi connectivity index (χ0) is 23.9. The van der Waals surface area contributed by atoms with E-state index in [9.17, 15) is 4.79 Å². The lowest BCUT2D eigenvalue weighted by Crippen LogP contribution is -2.11. The van der Waals surface area contributed by atoms with Crippen LogP contribution >= 0.6 is 0 Å². The van der Waals surface area contributed by atoms with Gasteiger partial charge in [-0.25, -0.2) is 4.98 Å². The van der Waals surface area contributed by atoms with Gasteiger partial charge in [-0.3, -0.25) is 14.2 Å². The summed E-state index contributed by atoms with van der Waals surface area (Å²) in [7, 11) is 0. The van der Waals surface area contributed by atoms with Crippen LogP contribution in [0.4, 0.5) is 0 Å². The van der Waals surface area contributed by atoms with Crippen molar-refractivity contribution in [3.05, 3.63) is 65.6 Å². The number of aryl methyl sites for hydroxylation is 2. The van der Waals surface area contributed by atoms with Gasteiger partial charge in [-0.05, 0) is 25.5 Å². The number of carbonyl (C=O) groups is 1. The quantitative estimate of drug-likeness (QED) is 0.340. The molecular formula is C25H29N5O4. The zero-order valence-electron chi connectivity index (χ0n) is 19.5. The number of benzene rings is 1. The summed E-state index contributed by atoms with van der Waals surface area (Å²) in [6.07, 6.45) is 5.38. The standard InChI is InChI=1S/C25H29N5O4/c1-3-7-19-15-30(12-13-33-25-20(14-23(31)32)16-29(4-2)27-25)28-24(19)34-17-21-11-10-18-8-5-6-9-22(18)26-21/h5-6,8-11,15-16H,3-4,7,12-14,17H2,1-2H3,(H,31,32). The third kappa shape index (κ3) is 5.72. The van der Waals surface area contributed by atoms with Crippen molar-refractivity contribution < 1.29 is 19.4 Å². The Labute approximate surface area is 197 Å². The van der Waals surface area contributed by atoms with Crippen LogP contribution in [0.3, 0.4) is 0 Å². The van der Waals surface area contributed by atoms with Crippen molar-refractivity contribution in [1.82, 2.24) is 24.5 Å². The van der Waals surface area contributed by atoms with Crippen LogP contribution in [0.25, 0.3) is 10.9 Å². The van der Waals surface area contributed by atoms with Crippen LogP contribution in [0, 0.1) is 0 Å². The Morgan fingerprint density at radius 3 is 2.53 bits per heavy atom. The maximum absolute atomic E-state index is 11.1. The highest BCUT2D eigenvalue weighted by molar-refractivity contribution is 5.78. The van der Waals surface area contributed by atoms with Crippen LogP contribution in [0.1, 0.15) is 37.1 Å². The number of fused-ring (bicyclic) bond motifs is 1. The van der Waals surface area contributed by atoms with Crippen molar-refractivity contribution in [2.45, 2.75) is 52.8 Å². The summed E-state index contributed by atoms with van der Waals surface area (Å²) in [5.74, 6) is 0.0298. The van der Waals surface area contributed by atoms with Gasteiger partial charge in [0.05, 0.1) is 24.2 Å². The van der Waals surface area contributed by atoms with Gasteiger partial charge in [0.2, 0.25) is 11.8 Å². The largest absolute Gasteiger partial charge is 0.481 e. The number of nitrogens with zero attached hydrogens (tertiary/aromatic N) is 5. The summed E-state index contributed by atoms with van der Waals surface area (Å²) in [6.45, 7) is 5.83. The highest BCUT2D eigenvalue weighted by Gasteiger charge is 2.15. The fourth-order valence-corrected chi connectivity index (χ4v) is 3.70. The third-order valence-corrected chi connectivity index (χ3v) is 5.35. The van der Waals surface area contributed by atoms with Gasteiger partial charge in [0.1, 0.15) is 13.2 Å². The Bertz CT molecular complexity index is 1260. The van der Waals surface area contributed by atoms with E-state index in [0.717, 1.165) is 35.0 Å². The minimum Gasteiger partial charge on any atom is -0.481 e. The normalized spacial score (nSPS) is 11.1. The molecule has 0 spiro atoms. The summed E-state index contributed by atoms with van der Waals surface area (Å²) in [4.78, 5) is 15.8. The maximum Gasteiger partial charge on any atom is 0.308 e. The number of aromatic nitrogens is 5. The average Bonchev–Trinajstić information content (AvgIpc) is 3.40. The molecule has 0 aliphatic rings. The number of aliphatic carboxylic acids is 1. The third-order valence-electron chi connectivity index (χ3n) is 5.35.